The number of halogens is 1. The van der Waals surface area contributed by atoms with Crippen molar-refractivity contribution in [2.45, 2.75) is 0 Å². The van der Waals surface area contributed by atoms with Crippen molar-refractivity contribution in [3.8, 4) is 0 Å². The summed E-state index contributed by atoms with van der Waals surface area (Å²) in [7, 11) is 1.95. The Hall–Kier alpha value is 0.650. The van der Waals surface area contributed by atoms with Gasteiger partial charge < -0.3 is 10.6 Å². The van der Waals surface area contributed by atoms with Crippen molar-refractivity contribution in [2.24, 2.45) is 0 Å². The summed E-state index contributed by atoms with van der Waals surface area (Å²) < 4.78 is 1.04. The lowest BCUT2D eigenvalue weighted by Crippen LogP contribution is -2.23. The Bertz CT molecular complexity index is 28.9. The van der Waals surface area contributed by atoms with Gasteiger partial charge in [0.1, 0.15) is 0 Å². The standard InChI is InChI=1S/C4H11IN2/c1-6-2-3-7-4-5/h6-7H,2-4H2,1H3. The summed E-state index contributed by atoms with van der Waals surface area (Å²) in [5.74, 6) is 0. The SMILES string of the molecule is CNCCNCI. The molecular formula is C4H11IN2. The van der Waals surface area contributed by atoms with Crippen molar-refractivity contribution in [3.63, 3.8) is 0 Å². The molecule has 0 aliphatic carbocycles. The predicted octanol–water partition coefficient (Wildman–Crippen LogP) is 0.188. The molecule has 0 aromatic carbocycles. The maximum absolute atomic E-state index is 3.17. The van der Waals surface area contributed by atoms with Gasteiger partial charge in [-0.15, -0.1) is 0 Å². The molecule has 0 bridgehead atoms. The molecular weight excluding hydrogens is 203 g/mol. The van der Waals surface area contributed by atoms with E-state index in [1.807, 2.05) is 7.05 Å². The maximum atomic E-state index is 3.17. The van der Waals surface area contributed by atoms with E-state index in [0.29, 0.717) is 0 Å². The molecule has 0 saturated carbocycles. The fraction of sp³-hybridized carbons (Fsp3) is 1.00. The van der Waals surface area contributed by atoms with Crippen LogP contribution in [0.25, 0.3) is 0 Å². The zero-order valence-electron chi connectivity index (χ0n) is 4.50. The van der Waals surface area contributed by atoms with Gasteiger partial charge in [-0.3, -0.25) is 0 Å². The highest BCUT2D eigenvalue weighted by Gasteiger charge is 1.76. The first-order valence-electron chi connectivity index (χ1n) is 2.33. The van der Waals surface area contributed by atoms with Gasteiger partial charge in [0.2, 0.25) is 0 Å². The minimum absolute atomic E-state index is 1.04. The third-order valence-corrected chi connectivity index (χ3v) is 1.19. The highest BCUT2D eigenvalue weighted by atomic mass is 127. The summed E-state index contributed by atoms with van der Waals surface area (Å²) in [6.45, 7) is 2.13. The van der Waals surface area contributed by atoms with E-state index in [1.165, 1.54) is 0 Å². The number of hydrogen-bond acceptors (Lipinski definition) is 2. The van der Waals surface area contributed by atoms with Gasteiger partial charge >= 0.3 is 0 Å². The third kappa shape index (κ3) is 6.65. The molecule has 0 aromatic heterocycles. The Morgan fingerprint density at radius 2 is 2.14 bits per heavy atom. The Kier molecular flexibility index (Phi) is 7.27. The molecule has 2 N–H and O–H groups in total. The van der Waals surface area contributed by atoms with E-state index in [1.54, 1.807) is 0 Å². The van der Waals surface area contributed by atoms with Crippen LogP contribution in [0, 0.1) is 0 Å². The van der Waals surface area contributed by atoms with Crippen LogP contribution in [0.2, 0.25) is 0 Å². The summed E-state index contributed by atoms with van der Waals surface area (Å²) in [5, 5.41) is 6.21. The molecule has 0 aliphatic heterocycles. The van der Waals surface area contributed by atoms with Crippen molar-refractivity contribution in [1.82, 2.24) is 10.6 Å². The lowest BCUT2D eigenvalue weighted by Gasteiger charge is -1.95. The van der Waals surface area contributed by atoms with E-state index in [2.05, 4.69) is 33.2 Å². The Morgan fingerprint density at radius 3 is 2.57 bits per heavy atom. The molecule has 0 rings (SSSR count). The van der Waals surface area contributed by atoms with Gasteiger partial charge in [0.15, 0.2) is 0 Å². The van der Waals surface area contributed by atoms with Crippen LogP contribution >= 0.6 is 22.6 Å². The van der Waals surface area contributed by atoms with Gasteiger partial charge in [0.05, 0.1) is 0 Å². The van der Waals surface area contributed by atoms with E-state index < -0.39 is 0 Å². The molecule has 0 amide bonds. The van der Waals surface area contributed by atoms with E-state index in [-0.39, 0.29) is 0 Å². The Labute approximate surface area is 58.2 Å². The molecule has 0 aliphatic rings. The zero-order valence-corrected chi connectivity index (χ0v) is 6.66. The topological polar surface area (TPSA) is 24.1 Å². The third-order valence-electron chi connectivity index (χ3n) is 0.646. The normalized spacial score (nSPS) is 9.43. The van der Waals surface area contributed by atoms with Crippen molar-refractivity contribution in [3.05, 3.63) is 0 Å². The van der Waals surface area contributed by atoms with Crippen LogP contribution in [0.1, 0.15) is 0 Å². The van der Waals surface area contributed by atoms with E-state index >= 15 is 0 Å². The van der Waals surface area contributed by atoms with E-state index in [4.69, 9.17) is 0 Å². The first kappa shape index (κ1) is 7.65. The molecule has 7 heavy (non-hydrogen) atoms. The fourth-order valence-corrected chi connectivity index (χ4v) is 0.662. The van der Waals surface area contributed by atoms with Gasteiger partial charge in [-0.05, 0) is 7.05 Å². The molecule has 0 fully saturated rings. The lowest BCUT2D eigenvalue weighted by atomic mass is 10.6. The van der Waals surface area contributed by atoms with Gasteiger partial charge in [-0.25, -0.2) is 0 Å². The van der Waals surface area contributed by atoms with Crippen LogP contribution in [0.15, 0.2) is 0 Å². The smallest absolute Gasteiger partial charge is 0.0480 e. The minimum Gasteiger partial charge on any atom is -0.318 e. The number of likely N-dealkylation sites (N-methyl/N-ethyl adjacent to an activating group) is 1. The van der Waals surface area contributed by atoms with Crippen molar-refractivity contribution >= 4 is 22.6 Å². The quantitative estimate of drug-likeness (QED) is 0.302. The summed E-state index contributed by atoms with van der Waals surface area (Å²) in [5.41, 5.74) is 0. The number of nitrogens with one attached hydrogen (secondary N) is 2. The van der Waals surface area contributed by atoms with Crippen LogP contribution in [-0.4, -0.2) is 24.7 Å². The second kappa shape index (κ2) is 6.65. The monoisotopic (exact) mass is 214 g/mol. The maximum Gasteiger partial charge on any atom is 0.0480 e. The molecule has 0 atom stereocenters. The molecule has 0 unspecified atom stereocenters. The minimum atomic E-state index is 1.04. The number of hydrogen-bond donors (Lipinski definition) is 2. The summed E-state index contributed by atoms with van der Waals surface area (Å²) >= 11 is 2.29. The van der Waals surface area contributed by atoms with E-state index in [0.717, 1.165) is 17.6 Å². The average molecular weight is 214 g/mol. The lowest BCUT2D eigenvalue weighted by molar-refractivity contribution is 0.713. The van der Waals surface area contributed by atoms with Crippen LogP contribution in [0.4, 0.5) is 0 Å². The number of rotatable bonds is 4. The molecule has 2 nitrogen and oxygen atoms in total. The molecule has 3 heteroatoms. The van der Waals surface area contributed by atoms with Gasteiger partial charge in [0, 0.05) is 17.6 Å². The average Bonchev–Trinajstić information content (AvgIpc) is 1.69. The summed E-state index contributed by atoms with van der Waals surface area (Å²) in [6.07, 6.45) is 0. The summed E-state index contributed by atoms with van der Waals surface area (Å²) in [6, 6.07) is 0. The first-order valence-corrected chi connectivity index (χ1v) is 3.85. The molecule has 0 heterocycles. The van der Waals surface area contributed by atoms with Crippen molar-refractivity contribution in [1.29, 1.82) is 0 Å². The second-order valence-electron chi connectivity index (χ2n) is 1.24. The largest absolute Gasteiger partial charge is 0.318 e. The Morgan fingerprint density at radius 1 is 1.43 bits per heavy atom. The van der Waals surface area contributed by atoms with Gasteiger partial charge in [0.25, 0.3) is 0 Å². The highest BCUT2D eigenvalue weighted by Crippen LogP contribution is 1.69. The highest BCUT2D eigenvalue weighted by molar-refractivity contribution is 14.1. The van der Waals surface area contributed by atoms with Crippen LogP contribution in [0.3, 0.4) is 0 Å². The Balaban J connectivity index is 2.45. The molecule has 0 radical (unpaired) electrons. The molecule has 0 spiro atoms. The fourth-order valence-electron chi connectivity index (χ4n) is 0.280. The van der Waals surface area contributed by atoms with E-state index in [9.17, 15) is 0 Å². The second-order valence-corrected chi connectivity index (χ2v) is 2.00. The number of alkyl halides is 1. The van der Waals surface area contributed by atoms with Gasteiger partial charge in [-0.1, -0.05) is 22.6 Å². The van der Waals surface area contributed by atoms with Crippen molar-refractivity contribution in [2.75, 3.05) is 24.7 Å². The van der Waals surface area contributed by atoms with Crippen molar-refractivity contribution < 1.29 is 0 Å². The first-order chi connectivity index (χ1) is 3.41. The van der Waals surface area contributed by atoms with Crippen LogP contribution in [-0.2, 0) is 0 Å². The molecule has 0 aromatic rings. The molecule has 44 valence electrons. The molecule has 0 saturated heterocycles. The van der Waals surface area contributed by atoms with Crippen LogP contribution < -0.4 is 10.6 Å². The zero-order chi connectivity index (χ0) is 5.54. The van der Waals surface area contributed by atoms with Gasteiger partial charge in [-0.2, -0.15) is 0 Å². The predicted molar refractivity (Wildman–Crippen MR) is 40.8 cm³/mol. The summed E-state index contributed by atoms with van der Waals surface area (Å²) in [4.78, 5) is 0. The van der Waals surface area contributed by atoms with Crippen LogP contribution in [0.5, 0.6) is 0 Å².